The molecule has 0 aliphatic carbocycles. The Bertz CT molecular complexity index is 1390. The number of aromatic nitrogens is 3. The van der Waals surface area contributed by atoms with Crippen LogP contribution in [-0.4, -0.2) is 50.7 Å². The largest absolute Gasteiger partial charge is 0.496 e. The first-order valence-electron chi connectivity index (χ1n) is 10.4. The Hall–Kier alpha value is -3.73. The van der Waals surface area contributed by atoms with Gasteiger partial charge < -0.3 is 18.9 Å². The fourth-order valence-electron chi connectivity index (χ4n) is 3.82. The van der Waals surface area contributed by atoms with Crippen LogP contribution in [0.4, 0.5) is 11.5 Å². The molecule has 0 bridgehead atoms. The van der Waals surface area contributed by atoms with E-state index in [1.807, 2.05) is 12.3 Å². The molecule has 2 aromatic carbocycles. The standard InChI is InChI=1S/C22H23N5O5S/c1-30-17-13-16(26-8-4-9-26)5-6-20(17)33(28,29)25-22-21-18(31-2)11-15(12-19(21)32-24-22)14-27-10-3-7-23-27/h3,5-7,10-13H,4,8-9,14H2,1-2H3,(H,24,25). The molecule has 172 valence electrons. The van der Waals surface area contributed by atoms with E-state index in [9.17, 15) is 8.42 Å². The van der Waals surface area contributed by atoms with Crippen LogP contribution in [0.1, 0.15) is 12.0 Å². The number of methoxy groups -OCH3 is 2. The lowest BCUT2D eigenvalue weighted by Gasteiger charge is -2.33. The summed E-state index contributed by atoms with van der Waals surface area (Å²) < 4.78 is 47.1. The van der Waals surface area contributed by atoms with E-state index in [-0.39, 0.29) is 16.5 Å². The predicted molar refractivity (Wildman–Crippen MR) is 123 cm³/mol. The van der Waals surface area contributed by atoms with Gasteiger partial charge in [-0.3, -0.25) is 9.40 Å². The molecule has 0 radical (unpaired) electrons. The maximum atomic E-state index is 13.2. The van der Waals surface area contributed by atoms with Crippen molar-refractivity contribution in [3.8, 4) is 11.5 Å². The van der Waals surface area contributed by atoms with Gasteiger partial charge in [-0.25, -0.2) is 8.42 Å². The van der Waals surface area contributed by atoms with E-state index in [1.54, 1.807) is 35.1 Å². The van der Waals surface area contributed by atoms with Gasteiger partial charge in [0.05, 0.1) is 20.8 Å². The molecule has 1 fully saturated rings. The summed E-state index contributed by atoms with van der Waals surface area (Å²) in [5.74, 6) is 0.739. The third kappa shape index (κ3) is 3.95. The number of benzene rings is 2. The van der Waals surface area contributed by atoms with Gasteiger partial charge in [-0.2, -0.15) is 5.10 Å². The molecule has 0 amide bonds. The summed E-state index contributed by atoms with van der Waals surface area (Å²) in [4.78, 5) is 2.17. The van der Waals surface area contributed by atoms with Crippen molar-refractivity contribution in [3.63, 3.8) is 0 Å². The van der Waals surface area contributed by atoms with Crippen molar-refractivity contribution in [2.75, 3.05) is 36.9 Å². The highest BCUT2D eigenvalue weighted by Gasteiger charge is 2.26. The molecule has 3 heterocycles. The summed E-state index contributed by atoms with van der Waals surface area (Å²) >= 11 is 0. The minimum atomic E-state index is -4.01. The van der Waals surface area contributed by atoms with Crippen molar-refractivity contribution in [1.29, 1.82) is 0 Å². The Morgan fingerprint density at radius 3 is 2.61 bits per heavy atom. The van der Waals surface area contributed by atoms with E-state index in [0.717, 1.165) is 30.8 Å². The number of nitrogens with zero attached hydrogens (tertiary/aromatic N) is 4. The minimum Gasteiger partial charge on any atom is -0.496 e. The van der Waals surface area contributed by atoms with Crippen LogP contribution in [0, 0.1) is 0 Å². The summed E-state index contributed by atoms with van der Waals surface area (Å²) in [6.45, 7) is 2.39. The highest BCUT2D eigenvalue weighted by Crippen LogP contribution is 2.37. The number of hydrogen-bond donors (Lipinski definition) is 1. The average Bonchev–Trinajstić information content (AvgIpc) is 3.41. The second-order valence-corrected chi connectivity index (χ2v) is 9.34. The quantitative estimate of drug-likeness (QED) is 0.419. The Morgan fingerprint density at radius 2 is 1.94 bits per heavy atom. The highest BCUT2D eigenvalue weighted by molar-refractivity contribution is 7.92. The molecule has 0 saturated carbocycles. The smallest absolute Gasteiger partial charge is 0.266 e. The van der Waals surface area contributed by atoms with Gasteiger partial charge in [-0.1, -0.05) is 5.16 Å². The van der Waals surface area contributed by atoms with E-state index in [1.165, 1.54) is 20.3 Å². The van der Waals surface area contributed by atoms with Gasteiger partial charge in [-0.15, -0.1) is 0 Å². The van der Waals surface area contributed by atoms with Crippen molar-refractivity contribution >= 4 is 32.5 Å². The highest BCUT2D eigenvalue weighted by atomic mass is 32.2. The Kier molecular flexibility index (Phi) is 5.33. The zero-order valence-electron chi connectivity index (χ0n) is 18.2. The molecular weight excluding hydrogens is 446 g/mol. The predicted octanol–water partition coefficient (Wildman–Crippen LogP) is 3.10. The van der Waals surface area contributed by atoms with Crippen LogP contribution in [0.2, 0.25) is 0 Å². The summed E-state index contributed by atoms with van der Waals surface area (Å²) in [7, 11) is -1.05. The lowest BCUT2D eigenvalue weighted by atomic mass is 10.1. The van der Waals surface area contributed by atoms with Gasteiger partial charge in [0.2, 0.25) is 0 Å². The lowest BCUT2D eigenvalue weighted by Crippen LogP contribution is -2.36. The van der Waals surface area contributed by atoms with Crippen molar-refractivity contribution in [3.05, 3.63) is 54.4 Å². The van der Waals surface area contributed by atoms with Crippen molar-refractivity contribution in [2.45, 2.75) is 17.9 Å². The minimum absolute atomic E-state index is 0.0136. The van der Waals surface area contributed by atoms with Crippen LogP contribution >= 0.6 is 0 Å². The van der Waals surface area contributed by atoms with Crippen LogP contribution in [-0.2, 0) is 16.6 Å². The molecule has 1 aliphatic heterocycles. The third-order valence-corrected chi connectivity index (χ3v) is 6.99. The molecule has 1 N–H and O–H groups in total. The first kappa shape index (κ1) is 21.1. The summed E-state index contributed by atoms with van der Waals surface area (Å²) in [5.41, 5.74) is 2.20. The van der Waals surface area contributed by atoms with Gasteiger partial charge in [0.1, 0.15) is 21.8 Å². The normalized spacial score (nSPS) is 13.7. The number of fused-ring (bicyclic) bond motifs is 1. The van der Waals surface area contributed by atoms with Crippen molar-refractivity contribution in [1.82, 2.24) is 14.9 Å². The van der Waals surface area contributed by atoms with E-state index >= 15 is 0 Å². The van der Waals surface area contributed by atoms with Crippen molar-refractivity contribution < 1.29 is 22.4 Å². The number of rotatable bonds is 8. The van der Waals surface area contributed by atoms with Crippen LogP contribution in [0.15, 0.2) is 58.2 Å². The number of hydrogen-bond acceptors (Lipinski definition) is 8. The number of ether oxygens (including phenoxy) is 2. The van der Waals surface area contributed by atoms with E-state index in [4.69, 9.17) is 14.0 Å². The topological polar surface area (TPSA) is 112 Å². The zero-order valence-corrected chi connectivity index (χ0v) is 19.0. The van der Waals surface area contributed by atoms with Gasteiger partial charge in [-0.05, 0) is 42.3 Å². The molecule has 33 heavy (non-hydrogen) atoms. The summed E-state index contributed by atoms with van der Waals surface area (Å²) in [6, 6.07) is 10.5. The average molecular weight is 470 g/mol. The molecule has 2 aromatic heterocycles. The molecule has 10 nitrogen and oxygen atoms in total. The molecular formula is C22H23N5O5S. The van der Waals surface area contributed by atoms with Crippen LogP contribution in [0.5, 0.6) is 11.5 Å². The number of anilines is 2. The Balaban J connectivity index is 1.48. The monoisotopic (exact) mass is 469 g/mol. The van der Waals surface area contributed by atoms with Gasteiger partial charge >= 0.3 is 0 Å². The van der Waals surface area contributed by atoms with E-state index in [0.29, 0.717) is 23.3 Å². The van der Waals surface area contributed by atoms with Gasteiger partial charge in [0.15, 0.2) is 11.4 Å². The first-order valence-corrected chi connectivity index (χ1v) is 11.9. The molecule has 5 rings (SSSR count). The first-order chi connectivity index (χ1) is 16.0. The van der Waals surface area contributed by atoms with Crippen LogP contribution < -0.4 is 19.1 Å². The maximum absolute atomic E-state index is 13.2. The number of sulfonamides is 1. The van der Waals surface area contributed by atoms with Crippen molar-refractivity contribution in [2.24, 2.45) is 0 Å². The SMILES string of the molecule is COc1cc(N2CCC2)ccc1S(=O)(=O)Nc1noc2cc(Cn3cccn3)cc(OC)c12. The van der Waals surface area contributed by atoms with E-state index < -0.39 is 10.0 Å². The Morgan fingerprint density at radius 1 is 1.12 bits per heavy atom. The lowest BCUT2D eigenvalue weighted by molar-refractivity contribution is 0.402. The fourth-order valence-corrected chi connectivity index (χ4v) is 4.98. The van der Waals surface area contributed by atoms with Gasteiger partial charge in [0, 0.05) is 37.2 Å². The fraction of sp³-hybridized carbons (Fsp3) is 0.273. The molecule has 1 saturated heterocycles. The summed E-state index contributed by atoms with van der Waals surface area (Å²) in [6.07, 6.45) is 4.66. The molecule has 4 aromatic rings. The van der Waals surface area contributed by atoms with E-state index in [2.05, 4.69) is 19.9 Å². The van der Waals surface area contributed by atoms with Crippen LogP contribution in [0.25, 0.3) is 11.0 Å². The maximum Gasteiger partial charge on any atom is 0.266 e. The molecule has 0 unspecified atom stereocenters. The number of nitrogens with one attached hydrogen (secondary N) is 1. The summed E-state index contributed by atoms with van der Waals surface area (Å²) in [5, 5.41) is 8.59. The molecule has 11 heteroatoms. The Labute approximate surface area is 190 Å². The van der Waals surface area contributed by atoms with Crippen LogP contribution in [0.3, 0.4) is 0 Å². The zero-order chi connectivity index (χ0) is 23.0. The molecule has 0 atom stereocenters. The molecule has 0 spiro atoms. The van der Waals surface area contributed by atoms with Gasteiger partial charge in [0.25, 0.3) is 10.0 Å². The second kappa shape index (κ2) is 8.32. The second-order valence-electron chi connectivity index (χ2n) is 7.69. The molecule has 1 aliphatic rings. The third-order valence-electron chi connectivity index (χ3n) is 5.61.